The molecule has 0 aliphatic rings. The molecule has 0 saturated carbocycles. The van der Waals surface area contributed by atoms with Crippen LogP contribution < -0.4 is 10.6 Å². The Morgan fingerprint density at radius 1 is 1.15 bits per heavy atom. The zero-order valence-electron chi connectivity index (χ0n) is 10.1. The monoisotopic (exact) mass is 186 g/mol. The normalized spacial score (nSPS) is 15.0. The fourth-order valence-corrected chi connectivity index (χ4v) is 0.917. The smallest absolute Gasteiger partial charge is 0.0161 e. The van der Waals surface area contributed by atoms with Crippen LogP contribution in [0, 0.1) is 11.3 Å². The van der Waals surface area contributed by atoms with Gasteiger partial charge in [0.2, 0.25) is 0 Å². The molecule has 0 heterocycles. The number of rotatable bonds is 6. The largest absolute Gasteiger partial charge is 0.316 e. The molecule has 0 amide bonds. The van der Waals surface area contributed by atoms with Gasteiger partial charge in [-0.05, 0) is 25.3 Å². The van der Waals surface area contributed by atoms with E-state index >= 15 is 0 Å². The third-order valence-electron chi connectivity index (χ3n) is 3.09. The maximum Gasteiger partial charge on any atom is 0.0161 e. The number of hydrogen-bond donors (Lipinski definition) is 2. The summed E-state index contributed by atoms with van der Waals surface area (Å²) < 4.78 is 0. The lowest BCUT2D eigenvalue weighted by Crippen LogP contribution is -2.40. The molecular weight excluding hydrogens is 160 g/mol. The molecule has 0 rings (SSSR count). The van der Waals surface area contributed by atoms with Crippen molar-refractivity contribution in [1.29, 1.82) is 0 Å². The van der Waals surface area contributed by atoms with Crippen molar-refractivity contribution in [2.75, 3.05) is 20.1 Å². The fraction of sp³-hybridized carbons (Fsp3) is 1.00. The topological polar surface area (TPSA) is 24.1 Å². The molecule has 1 unspecified atom stereocenters. The van der Waals surface area contributed by atoms with Crippen LogP contribution in [-0.4, -0.2) is 26.2 Å². The van der Waals surface area contributed by atoms with Crippen molar-refractivity contribution in [3.05, 3.63) is 0 Å². The minimum atomic E-state index is 0.396. The van der Waals surface area contributed by atoms with Crippen LogP contribution in [0.5, 0.6) is 0 Å². The van der Waals surface area contributed by atoms with Crippen LogP contribution in [-0.2, 0) is 0 Å². The first-order chi connectivity index (χ1) is 5.90. The summed E-state index contributed by atoms with van der Waals surface area (Å²) in [6, 6.07) is 0.558. The average molecular weight is 186 g/mol. The van der Waals surface area contributed by atoms with Gasteiger partial charge in [0.15, 0.2) is 0 Å². The number of hydrogen-bond acceptors (Lipinski definition) is 2. The van der Waals surface area contributed by atoms with Gasteiger partial charge in [-0.25, -0.2) is 0 Å². The van der Waals surface area contributed by atoms with Gasteiger partial charge >= 0.3 is 0 Å². The van der Waals surface area contributed by atoms with Gasteiger partial charge in [0.25, 0.3) is 0 Å². The van der Waals surface area contributed by atoms with E-state index < -0.39 is 0 Å². The maximum atomic E-state index is 3.50. The molecule has 0 aromatic heterocycles. The Labute approximate surface area is 83.5 Å². The molecule has 80 valence electrons. The van der Waals surface area contributed by atoms with E-state index in [4.69, 9.17) is 0 Å². The quantitative estimate of drug-likeness (QED) is 0.662. The van der Waals surface area contributed by atoms with Crippen molar-refractivity contribution in [3.63, 3.8) is 0 Å². The molecule has 0 saturated heterocycles. The van der Waals surface area contributed by atoms with Crippen molar-refractivity contribution in [3.8, 4) is 0 Å². The molecule has 0 fully saturated rings. The second kappa shape index (κ2) is 5.61. The van der Waals surface area contributed by atoms with E-state index in [1.807, 2.05) is 7.05 Å². The second-order valence-corrected chi connectivity index (χ2v) is 4.96. The summed E-state index contributed by atoms with van der Waals surface area (Å²) in [6.45, 7) is 13.5. The highest BCUT2D eigenvalue weighted by Crippen LogP contribution is 2.24. The molecule has 2 heteroatoms. The molecule has 0 radical (unpaired) electrons. The molecule has 1 atom stereocenters. The highest BCUT2D eigenvalue weighted by molar-refractivity contribution is 4.75. The van der Waals surface area contributed by atoms with E-state index in [0.29, 0.717) is 11.5 Å². The van der Waals surface area contributed by atoms with Gasteiger partial charge in [-0.2, -0.15) is 0 Å². The van der Waals surface area contributed by atoms with Gasteiger partial charge in [-0.3, -0.25) is 0 Å². The third-order valence-corrected chi connectivity index (χ3v) is 3.09. The highest BCUT2D eigenvalue weighted by atomic mass is 15.0. The molecule has 0 spiro atoms. The third kappa shape index (κ3) is 5.27. The van der Waals surface area contributed by atoms with E-state index in [1.54, 1.807) is 0 Å². The molecule has 2 N–H and O–H groups in total. The highest BCUT2D eigenvalue weighted by Gasteiger charge is 2.21. The Kier molecular flexibility index (Phi) is 5.57. The van der Waals surface area contributed by atoms with Crippen molar-refractivity contribution in [1.82, 2.24) is 10.6 Å². The predicted molar refractivity (Wildman–Crippen MR) is 60.0 cm³/mol. The SMILES string of the molecule is CNC(C)CNCC(C)(C)C(C)C. The summed E-state index contributed by atoms with van der Waals surface area (Å²) in [5, 5.41) is 6.71. The zero-order valence-corrected chi connectivity index (χ0v) is 10.1. The van der Waals surface area contributed by atoms with Crippen molar-refractivity contribution in [2.45, 2.75) is 40.7 Å². The van der Waals surface area contributed by atoms with E-state index in [-0.39, 0.29) is 0 Å². The first kappa shape index (κ1) is 12.9. The standard InChI is InChI=1S/C11H26N2/c1-9(2)11(4,5)8-13-7-10(3)12-6/h9-10,12-13H,7-8H2,1-6H3. The first-order valence-corrected chi connectivity index (χ1v) is 5.28. The lowest BCUT2D eigenvalue weighted by atomic mass is 9.81. The minimum absolute atomic E-state index is 0.396. The Hall–Kier alpha value is -0.0800. The Morgan fingerprint density at radius 3 is 2.08 bits per heavy atom. The van der Waals surface area contributed by atoms with Crippen molar-refractivity contribution >= 4 is 0 Å². The van der Waals surface area contributed by atoms with Gasteiger partial charge in [-0.1, -0.05) is 27.7 Å². The average Bonchev–Trinajstić information content (AvgIpc) is 2.03. The summed E-state index contributed by atoms with van der Waals surface area (Å²) >= 11 is 0. The summed E-state index contributed by atoms with van der Waals surface area (Å²) in [4.78, 5) is 0. The molecule has 0 aliphatic carbocycles. The molecule has 0 aliphatic heterocycles. The predicted octanol–water partition coefficient (Wildman–Crippen LogP) is 1.87. The van der Waals surface area contributed by atoms with Crippen LogP contribution in [0.3, 0.4) is 0 Å². The van der Waals surface area contributed by atoms with Gasteiger partial charge in [0, 0.05) is 19.1 Å². The minimum Gasteiger partial charge on any atom is -0.316 e. The maximum absolute atomic E-state index is 3.50. The summed E-state index contributed by atoms with van der Waals surface area (Å²) in [5.74, 6) is 0.727. The van der Waals surface area contributed by atoms with Crippen LogP contribution in [0.15, 0.2) is 0 Å². The van der Waals surface area contributed by atoms with Crippen LogP contribution in [0.1, 0.15) is 34.6 Å². The van der Waals surface area contributed by atoms with Crippen LogP contribution >= 0.6 is 0 Å². The number of nitrogens with one attached hydrogen (secondary N) is 2. The molecule has 0 bridgehead atoms. The Morgan fingerprint density at radius 2 is 1.69 bits per heavy atom. The summed E-state index contributed by atoms with van der Waals surface area (Å²) in [5.41, 5.74) is 0.396. The lowest BCUT2D eigenvalue weighted by Gasteiger charge is -2.30. The molecule has 13 heavy (non-hydrogen) atoms. The van der Waals surface area contributed by atoms with Crippen molar-refractivity contribution in [2.24, 2.45) is 11.3 Å². The fourth-order valence-electron chi connectivity index (χ4n) is 0.917. The van der Waals surface area contributed by atoms with Gasteiger partial charge in [0.05, 0.1) is 0 Å². The Balaban J connectivity index is 3.63. The molecule has 2 nitrogen and oxygen atoms in total. The number of likely N-dealkylation sites (N-methyl/N-ethyl adjacent to an activating group) is 1. The van der Waals surface area contributed by atoms with Crippen LogP contribution in [0.25, 0.3) is 0 Å². The van der Waals surface area contributed by atoms with E-state index in [9.17, 15) is 0 Å². The van der Waals surface area contributed by atoms with Crippen LogP contribution in [0.2, 0.25) is 0 Å². The van der Waals surface area contributed by atoms with E-state index in [1.165, 1.54) is 0 Å². The lowest BCUT2D eigenvalue weighted by molar-refractivity contribution is 0.236. The second-order valence-electron chi connectivity index (χ2n) is 4.96. The first-order valence-electron chi connectivity index (χ1n) is 5.28. The summed E-state index contributed by atoms with van der Waals surface area (Å²) in [6.07, 6.45) is 0. The van der Waals surface area contributed by atoms with Crippen LogP contribution in [0.4, 0.5) is 0 Å². The van der Waals surface area contributed by atoms with Gasteiger partial charge in [-0.15, -0.1) is 0 Å². The molecule has 0 aromatic rings. The van der Waals surface area contributed by atoms with Gasteiger partial charge < -0.3 is 10.6 Å². The Bertz CT molecular complexity index is 130. The molecular formula is C11H26N2. The summed E-state index contributed by atoms with van der Waals surface area (Å²) in [7, 11) is 2.00. The van der Waals surface area contributed by atoms with Crippen molar-refractivity contribution < 1.29 is 0 Å². The van der Waals surface area contributed by atoms with E-state index in [2.05, 4.69) is 45.3 Å². The van der Waals surface area contributed by atoms with Gasteiger partial charge in [0.1, 0.15) is 0 Å². The molecule has 0 aromatic carbocycles. The van der Waals surface area contributed by atoms with E-state index in [0.717, 1.165) is 19.0 Å². The zero-order chi connectivity index (χ0) is 10.5.